The number of ether oxygens (including phenoxy) is 1. The highest BCUT2D eigenvalue weighted by Gasteiger charge is 2.30. The van der Waals surface area contributed by atoms with Crippen molar-refractivity contribution in [2.24, 2.45) is 7.05 Å². The molecule has 2 amide bonds. The third-order valence-corrected chi connectivity index (χ3v) is 7.28. The lowest BCUT2D eigenvalue weighted by Crippen LogP contribution is -2.42. The van der Waals surface area contributed by atoms with Crippen LogP contribution in [0.2, 0.25) is 5.02 Å². The van der Waals surface area contributed by atoms with Crippen LogP contribution in [-0.2, 0) is 29.2 Å². The van der Waals surface area contributed by atoms with Crippen LogP contribution in [0.5, 0.6) is 0 Å². The Labute approximate surface area is 255 Å². The molecule has 0 aliphatic carbocycles. The Bertz CT molecular complexity index is 1670. The molecule has 9 nitrogen and oxygen atoms in total. The number of carbonyl (C=O) groups is 3. The fourth-order valence-corrected chi connectivity index (χ4v) is 4.70. The normalized spacial score (nSPS) is 12.7. The number of nitrogens with one attached hydrogen (secondary N) is 2. The number of nitrogens with zero attached hydrogens (tertiary/aromatic N) is 2. The predicted molar refractivity (Wildman–Crippen MR) is 157 cm³/mol. The first-order valence-electron chi connectivity index (χ1n) is 13.3. The summed E-state index contributed by atoms with van der Waals surface area (Å²) in [5.74, 6) is -2.03. The number of benzene rings is 3. The number of carboxylic acids is 1. The Kier molecular flexibility index (Phi) is 9.63. The zero-order valence-electron chi connectivity index (χ0n) is 23.8. The Balaban J connectivity index is 1.46. The molecule has 4 aromatic rings. The summed E-state index contributed by atoms with van der Waals surface area (Å²) >= 11 is 6.21. The third kappa shape index (κ3) is 7.56. The second kappa shape index (κ2) is 13.2. The van der Waals surface area contributed by atoms with Crippen molar-refractivity contribution in [3.8, 4) is 11.3 Å². The van der Waals surface area contributed by atoms with Crippen LogP contribution in [0.15, 0.2) is 72.8 Å². The van der Waals surface area contributed by atoms with Gasteiger partial charge in [0.15, 0.2) is 0 Å². The van der Waals surface area contributed by atoms with E-state index in [-0.39, 0.29) is 12.0 Å². The zero-order valence-corrected chi connectivity index (χ0v) is 24.5. The molecule has 1 aromatic heterocycles. The topological polar surface area (TPSA) is 123 Å². The molecule has 3 aromatic carbocycles. The summed E-state index contributed by atoms with van der Waals surface area (Å²) in [6.45, 7) is 3.45. The molecule has 0 bridgehead atoms. The van der Waals surface area contributed by atoms with E-state index in [1.54, 1.807) is 62.0 Å². The van der Waals surface area contributed by atoms with Gasteiger partial charge in [-0.1, -0.05) is 54.1 Å². The van der Waals surface area contributed by atoms with Crippen LogP contribution in [0.25, 0.3) is 11.3 Å². The van der Waals surface area contributed by atoms with Gasteiger partial charge in [0.05, 0.1) is 16.9 Å². The van der Waals surface area contributed by atoms with Gasteiger partial charge in [-0.25, -0.2) is 9.59 Å². The highest BCUT2D eigenvalue weighted by Crippen LogP contribution is 2.32. The smallest absolute Gasteiger partial charge is 0.416 e. The summed E-state index contributed by atoms with van der Waals surface area (Å²) in [6, 6.07) is 15.8. The van der Waals surface area contributed by atoms with E-state index in [4.69, 9.17) is 16.3 Å². The monoisotopic (exact) mass is 628 g/mol. The van der Waals surface area contributed by atoms with Crippen molar-refractivity contribution in [3.63, 3.8) is 0 Å². The number of anilines is 1. The number of aryl methyl sites for hydroxylation is 1. The van der Waals surface area contributed by atoms with Crippen molar-refractivity contribution in [1.29, 1.82) is 0 Å². The number of halogens is 4. The van der Waals surface area contributed by atoms with Crippen molar-refractivity contribution in [2.45, 2.75) is 38.6 Å². The van der Waals surface area contributed by atoms with Crippen molar-refractivity contribution in [3.05, 3.63) is 106 Å². The van der Waals surface area contributed by atoms with Gasteiger partial charge < -0.3 is 15.2 Å². The molecule has 4 rings (SSSR count). The maximum Gasteiger partial charge on any atom is 0.416 e. The fraction of sp³-hybridized carbons (Fsp3) is 0.226. The lowest BCUT2D eigenvalue weighted by Gasteiger charge is -2.16. The Hall–Kier alpha value is -4.84. The quantitative estimate of drug-likeness (QED) is 0.187. The van der Waals surface area contributed by atoms with Gasteiger partial charge in [0.25, 0.3) is 5.91 Å². The van der Waals surface area contributed by atoms with Crippen LogP contribution < -0.4 is 10.6 Å². The number of carbonyl (C=O) groups excluding carboxylic acids is 2. The number of alkyl halides is 3. The first-order chi connectivity index (χ1) is 20.7. The van der Waals surface area contributed by atoms with Gasteiger partial charge in [-0.05, 0) is 49.7 Å². The third-order valence-electron chi connectivity index (χ3n) is 6.93. The van der Waals surface area contributed by atoms with E-state index in [1.165, 1.54) is 24.3 Å². The number of hydrogen-bond acceptors (Lipinski definition) is 5. The van der Waals surface area contributed by atoms with E-state index in [9.17, 15) is 32.7 Å². The summed E-state index contributed by atoms with van der Waals surface area (Å²) in [6.07, 6.45) is -6.09. The summed E-state index contributed by atoms with van der Waals surface area (Å²) in [7, 11) is 1.70. The highest BCUT2D eigenvalue weighted by molar-refractivity contribution is 6.31. The molecule has 0 radical (unpaired) electrons. The fourth-order valence-electron chi connectivity index (χ4n) is 4.41. The molecule has 0 saturated carbocycles. The molecule has 0 aliphatic rings. The second-order valence-electron chi connectivity index (χ2n) is 9.97. The highest BCUT2D eigenvalue weighted by atomic mass is 35.5. The zero-order chi connectivity index (χ0) is 32.2. The van der Waals surface area contributed by atoms with E-state index in [2.05, 4.69) is 15.7 Å². The SMILES string of the molecule is Cc1c(NC(=O)OC(C)c2ccccc2Cl)c(-c2ccc(C(=O)NC(Cc3ccc(C(F)(F)F)cc3)C(=O)O)cc2)nn1C. The number of hydrogen-bond donors (Lipinski definition) is 3. The summed E-state index contributed by atoms with van der Waals surface area (Å²) in [5.41, 5.74) is 2.23. The van der Waals surface area contributed by atoms with E-state index < -0.39 is 41.9 Å². The van der Waals surface area contributed by atoms with Gasteiger partial charge in [-0.3, -0.25) is 14.8 Å². The Morgan fingerprint density at radius 1 is 1.02 bits per heavy atom. The molecular weight excluding hydrogens is 601 g/mol. The molecule has 0 saturated heterocycles. The molecule has 1 heterocycles. The number of aromatic nitrogens is 2. The molecule has 230 valence electrons. The number of carboxylic acid groups (broad SMARTS) is 1. The molecule has 2 unspecified atom stereocenters. The van der Waals surface area contributed by atoms with Crippen molar-refractivity contribution in [1.82, 2.24) is 15.1 Å². The minimum Gasteiger partial charge on any atom is -0.480 e. The van der Waals surface area contributed by atoms with Crippen LogP contribution in [0.1, 0.15) is 45.8 Å². The number of aliphatic carboxylic acids is 1. The van der Waals surface area contributed by atoms with Gasteiger partial charge in [-0.2, -0.15) is 18.3 Å². The van der Waals surface area contributed by atoms with Crippen LogP contribution >= 0.6 is 11.6 Å². The molecular formula is C31H28ClF3N4O5. The van der Waals surface area contributed by atoms with Crippen LogP contribution in [0, 0.1) is 6.92 Å². The van der Waals surface area contributed by atoms with Crippen LogP contribution in [0.3, 0.4) is 0 Å². The standard InChI is InChI=1S/C31H28ClF3N4O5/c1-17-26(37-30(43)44-18(2)23-6-4-5-7-24(23)32)27(38-39(17)3)20-10-12-21(13-11-20)28(40)36-25(29(41)42)16-19-8-14-22(15-9-19)31(33,34)35/h4-15,18,25H,16H2,1-3H3,(H,36,40)(H,37,43)(H,41,42). The minimum atomic E-state index is -4.52. The molecule has 0 aliphatic heterocycles. The average molecular weight is 629 g/mol. The van der Waals surface area contributed by atoms with Crippen molar-refractivity contribution in [2.75, 3.05) is 5.32 Å². The lowest BCUT2D eigenvalue weighted by atomic mass is 10.0. The average Bonchev–Trinajstić information content (AvgIpc) is 3.25. The molecule has 0 fully saturated rings. The molecule has 44 heavy (non-hydrogen) atoms. The summed E-state index contributed by atoms with van der Waals surface area (Å²) in [4.78, 5) is 37.5. The minimum absolute atomic E-state index is 0.141. The second-order valence-corrected chi connectivity index (χ2v) is 10.4. The van der Waals surface area contributed by atoms with Gasteiger partial charge in [0, 0.05) is 35.2 Å². The van der Waals surface area contributed by atoms with E-state index >= 15 is 0 Å². The Morgan fingerprint density at radius 2 is 1.66 bits per heavy atom. The van der Waals surface area contributed by atoms with Gasteiger partial charge in [0.1, 0.15) is 17.8 Å². The van der Waals surface area contributed by atoms with E-state index in [0.717, 1.165) is 12.1 Å². The van der Waals surface area contributed by atoms with Crippen molar-refractivity contribution < 1.29 is 37.4 Å². The van der Waals surface area contributed by atoms with E-state index in [1.807, 2.05) is 0 Å². The summed E-state index contributed by atoms with van der Waals surface area (Å²) in [5, 5.41) is 19.7. The van der Waals surface area contributed by atoms with Crippen LogP contribution in [-0.4, -0.2) is 38.9 Å². The van der Waals surface area contributed by atoms with E-state index in [0.29, 0.717) is 38.8 Å². The molecule has 13 heteroatoms. The van der Waals surface area contributed by atoms with Crippen molar-refractivity contribution >= 4 is 35.3 Å². The van der Waals surface area contributed by atoms with Gasteiger partial charge >= 0.3 is 18.2 Å². The van der Waals surface area contributed by atoms with Gasteiger partial charge in [-0.15, -0.1) is 0 Å². The maximum atomic E-state index is 12.9. The first-order valence-corrected chi connectivity index (χ1v) is 13.7. The molecule has 2 atom stereocenters. The maximum absolute atomic E-state index is 12.9. The largest absolute Gasteiger partial charge is 0.480 e. The number of rotatable bonds is 9. The lowest BCUT2D eigenvalue weighted by molar-refractivity contribution is -0.139. The molecule has 3 N–H and O–H groups in total. The molecule has 0 spiro atoms. The Morgan fingerprint density at radius 3 is 2.25 bits per heavy atom. The summed E-state index contributed by atoms with van der Waals surface area (Å²) < 4.78 is 45.6. The van der Waals surface area contributed by atoms with Crippen LogP contribution in [0.4, 0.5) is 23.7 Å². The first kappa shape index (κ1) is 32.1. The van der Waals surface area contributed by atoms with Gasteiger partial charge in [0.2, 0.25) is 0 Å². The predicted octanol–water partition coefficient (Wildman–Crippen LogP) is 6.80. The number of amides is 2.